The van der Waals surface area contributed by atoms with Crippen molar-refractivity contribution in [2.24, 2.45) is 5.92 Å². The molecule has 0 spiro atoms. The van der Waals surface area contributed by atoms with E-state index in [0.717, 1.165) is 12.1 Å². The lowest BCUT2D eigenvalue weighted by Gasteiger charge is -2.21. The molecule has 6 heteroatoms. The SMILES string of the molecule is CC(C)C(CO)Nc1ccc(C(F)(F)F)cc1F. The zero-order valence-corrected chi connectivity index (χ0v) is 10.1. The molecule has 2 N–H and O–H groups in total. The number of rotatable bonds is 4. The van der Waals surface area contributed by atoms with E-state index in [1.165, 1.54) is 0 Å². The van der Waals surface area contributed by atoms with Crippen LogP contribution in [0.3, 0.4) is 0 Å². The molecule has 1 aromatic carbocycles. The van der Waals surface area contributed by atoms with Crippen molar-refractivity contribution < 1.29 is 22.7 Å². The highest BCUT2D eigenvalue weighted by molar-refractivity contribution is 5.47. The van der Waals surface area contributed by atoms with Crippen molar-refractivity contribution in [1.82, 2.24) is 0 Å². The molecule has 18 heavy (non-hydrogen) atoms. The second kappa shape index (κ2) is 5.56. The van der Waals surface area contributed by atoms with E-state index >= 15 is 0 Å². The van der Waals surface area contributed by atoms with Gasteiger partial charge in [-0.05, 0) is 24.1 Å². The number of aliphatic hydroxyl groups is 1. The minimum absolute atomic E-state index is 0.0247. The topological polar surface area (TPSA) is 32.3 Å². The van der Waals surface area contributed by atoms with E-state index in [2.05, 4.69) is 5.32 Å². The highest BCUT2D eigenvalue weighted by Gasteiger charge is 2.31. The maximum absolute atomic E-state index is 13.5. The Hall–Kier alpha value is -1.30. The van der Waals surface area contributed by atoms with E-state index in [9.17, 15) is 17.6 Å². The van der Waals surface area contributed by atoms with Crippen LogP contribution in [-0.4, -0.2) is 17.8 Å². The maximum Gasteiger partial charge on any atom is 0.416 e. The first-order valence-electron chi connectivity index (χ1n) is 5.50. The molecule has 0 fully saturated rings. The molecule has 1 rings (SSSR count). The highest BCUT2D eigenvalue weighted by atomic mass is 19.4. The average molecular weight is 265 g/mol. The van der Waals surface area contributed by atoms with E-state index < -0.39 is 23.6 Å². The van der Waals surface area contributed by atoms with Gasteiger partial charge in [-0.2, -0.15) is 13.2 Å². The summed E-state index contributed by atoms with van der Waals surface area (Å²) in [6.45, 7) is 3.41. The van der Waals surface area contributed by atoms with Gasteiger partial charge in [0.05, 0.1) is 23.9 Å². The van der Waals surface area contributed by atoms with Gasteiger partial charge in [-0.1, -0.05) is 13.8 Å². The monoisotopic (exact) mass is 265 g/mol. The lowest BCUT2D eigenvalue weighted by molar-refractivity contribution is -0.137. The predicted octanol–water partition coefficient (Wildman–Crippen LogP) is 3.27. The zero-order valence-electron chi connectivity index (χ0n) is 10.1. The summed E-state index contributed by atoms with van der Waals surface area (Å²) < 4.78 is 50.5. The molecule has 102 valence electrons. The molecule has 0 aliphatic rings. The van der Waals surface area contributed by atoms with E-state index in [0.29, 0.717) is 6.07 Å². The molecule has 0 radical (unpaired) electrons. The van der Waals surface area contributed by atoms with Crippen molar-refractivity contribution in [3.05, 3.63) is 29.6 Å². The van der Waals surface area contributed by atoms with Gasteiger partial charge in [-0.3, -0.25) is 0 Å². The largest absolute Gasteiger partial charge is 0.416 e. The third-order valence-electron chi connectivity index (χ3n) is 2.64. The standard InChI is InChI=1S/C12H15F4NO/c1-7(2)11(6-18)17-10-4-3-8(5-9(10)13)12(14,15)16/h3-5,7,11,17-18H,6H2,1-2H3. The fourth-order valence-corrected chi connectivity index (χ4v) is 1.43. The van der Waals surface area contributed by atoms with Crippen molar-refractivity contribution in [2.45, 2.75) is 26.1 Å². The zero-order chi connectivity index (χ0) is 13.9. The number of benzene rings is 1. The summed E-state index contributed by atoms with van der Waals surface area (Å²) in [6.07, 6.45) is -4.56. The Balaban J connectivity index is 2.93. The van der Waals surface area contributed by atoms with E-state index in [1.807, 2.05) is 13.8 Å². The predicted molar refractivity (Wildman–Crippen MR) is 60.7 cm³/mol. The van der Waals surface area contributed by atoms with E-state index in [4.69, 9.17) is 5.11 Å². The molecular formula is C12H15F4NO. The smallest absolute Gasteiger partial charge is 0.394 e. The van der Waals surface area contributed by atoms with Crippen LogP contribution in [0.4, 0.5) is 23.2 Å². The molecule has 2 nitrogen and oxygen atoms in total. The molecule has 0 heterocycles. The van der Waals surface area contributed by atoms with Gasteiger partial charge in [-0.25, -0.2) is 4.39 Å². The van der Waals surface area contributed by atoms with Gasteiger partial charge < -0.3 is 10.4 Å². The molecule has 1 unspecified atom stereocenters. The van der Waals surface area contributed by atoms with Crippen LogP contribution in [0, 0.1) is 11.7 Å². The van der Waals surface area contributed by atoms with Crippen LogP contribution in [0.15, 0.2) is 18.2 Å². The van der Waals surface area contributed by atoms with Crippen LogP contribution >= 0.6 is 0 Å². The Morgan fingerprint density at radius 2 is 1.89 bits per heavy atom. The van der Waals surface area contributed by atoms with E-state index in [-0.39, 0.29) is 18.2 Å². The maximum atomic E-state index is 13.5. The van der Waals surface area contributed by atoms with Gasteiger partial charge in [-0.15, -0.1) is 0 Å². The molecule has 0 saturated heterocycles. The average Bonchev–Trinajstić information content (AvgIpc) is 2.25. The van der Waals surface area contributed by atoms with Gasteiger partial charge in [0.25, 0.3) is 0 Å². The Morgan fingerprint density at radius 3 is 2.28 bits per heavy atom. The number of nitrogens with one attached hydrogen (secondary N) is 1. The van der Waals surface area contributed by atoms with Gasteiger partial charge in [0.15, 0.2) is 0 Å². The fraction of sp³-hybridized carbons (Fsp3) is 0.500. The normalized spacial score (nSPS) is 13.8. The van der Waals surface area contributed by atoms with Crippen LogP contribution in [-0.2, 0) is 6.18 Å². The van der Waals surface area contributed by atoms with E-state index in [1.54, 1.807) is 0 Å². The number of anilines is 1. The quantitative estimate of drug-likeness (QED) is 0.819. The number of hydrogen-bond acceptors (Lipinski definition) is 2. The van der Waals surface area contributed by atoms with Crippen molar-refractivity contribution in [3.63, 3.8) is 0 Å². The molecule has 0 aliphatic heterocycles. The summed E-state index contributed by atoms with van der Waals surface area (Å²) in [4.78, 5) is 0. The first kappa shape index (κ1) is 14.8. The minimum atomic E-state index is -4.56. The lowest BCUT2D eigenvalue weighted by Crippen LogP contribution is -2.29. The summed E-state index contributed by atoms with van der Waals surface area (Å²) in [5, 5.41) is 11.8. The summed E-state index contributed by atoms with van der Waals surface area (Å²) >= 11 is 0. The second-order valence-corrected chi connectivity index (χ2v) is 4.37. The van der Waals surface area contributed by atoms with Crippen LogP contribution in [0.25, 0.3) is 0 Å². The van der Waals surface area contributed by atoms with Crippen molar-refractivity contribution in [2.75, 3.05) is 11.9 Å². The summed E-state index contributed by atoms with van der Waals surface area (Å²) in [5.41, 5.74) is -1.08. The molecule has 0 bridgehead atoms. The number of hydrogen-bond donors (Lipinski definition) is 2. The van der Waals surface area contributed by atoms with Crippen LogP contribution in [0.2, 0.25) is 0 Å². The van der Waals surface area contributed by atoms with Gasteiger partial charge in [0.1, 0.15) is 5.82 Å². The van der Waals surface area contributed by atoms with Gasteiger partial charge in [0, 0.05) is 0 Å². The highest BCUT2D eigenvalue weighted by Crippen LogP contribution is 2.31. The molecular weight excluding hydrogens is 250 g/mol. The number of halogens is 4. The Labute approximate surface area is 103 Å². The molecule has 1 aromatic rings. The van der Waals surface area contributed by atoms with Crippen molar-refractivity contribution in [3.8, 4) is 0 Å². The number of aliphatic hydroxyl groups excluding tert-OH is 1. The molecule has 0 aliphatic carbocycles. The molecule has 1 atom stereocenters. The summed E-state index contributed by atoms with van der Waals surface area (Å²) in [5.74, 6) is -0.958. The Kier molecular flexibility index (Phi) is 4.56. The molecule has 0 aromatic heterocycles. The summed E-state index contributed by atoms with van der Waals surface area (Å²) in [7, 11) is 0. The van der Waals surface area contributed by atoms with Gasteiger partial charge >= 0.3 is 6.18 Å². The molecule has 0 amide bonds. The third-order valence-corrected chi connectivity index (χ3v) is 2.64. The molecule has 0 saturated carbocycles. The van der Waals surface area contributed by atoms with Crippen LogP contribution < -0.4 is 5.32 Å². The lowest BCUT2D eigenvalue weighted by atomic mass is 10.0. The second-order valence-electron chi connectivity index (χ2n) is 4.37. The Morgan fingerprint density at radius 1 is 1.28 bits per heavy atom. The van der Waals surface area contributed by atoms with Crippen molar-refractivity contribution >= 4 is 5.69 Å². The third kappa shape index (κ3) is 3.60. The van der Waals surface area contributed by atoms with Crippen LogP contribution in [0.5, 0.6) is 0 Å². The summed E-state index contributed by atoms with van der Waals surface area (Å²) in [6, 6.07) is 1.87. The minimum Gasteiger partial charge on any atom is -0.394 e. The Bertz CT molecular complexity index is 404. The first-order valence-corrected chi connectivity index (χ1v) is 5.50. The first-order chi connectivity index (χ1) is 8.25. The van der Waals surface area contributed by atoms with Gasteiger partial charge in [0.2, 0.25) is 0 Å². The van der Waals surface area contributed by atoms with Crippen LogP contribution in [0.1, 0.15) is 19.4 Å². The fourth-order valence-electron chi connectivity index (χ4n) is 1.43. The number of alkyl halides is 3. The van der Waals surface area contributed by atoms with Crippen molar-refractivity contribution in [1.29, 1.82) is 0 Å².